The molecule has 3 heteroatoms. The Hall–Kier alpha value is -1.48. The van der Waals surface area contributed by atoms with E-state index in [1.54, 1.807) is 0 Å². The Morgan fingerprint density at radius 2 is 2.00 bits per heavy atom. The molecule has 1 fully saturated rings. The van der Waals surface area contributed by atoms with E-state index in [1.165, 1.54) is 11.3 Å². The van der Waals surface area contributed by atoms with Gasteiger partial charge in [0.25, 0.3) is 0 Å². The van der Waals surface area contributed by atoms with E-state index in [2.05, 4.69) is 35.4 Å². The zero-order chi connectivity index (χ0) is 12.3. The number of aryl methyl sites for hydroxylation is 1. The predicted molar refractivity (Wildman–Crippen MR) is 74.4 cm³/mol. The number of piperazine rings is 1. The summed E-state index contributed by atoms with van der Waals surface area (Å²) in [6, 6.07) is 6.24. The summed E-state index contributed by atoms with van der Waals surface area (Å²) in [6.07, 6.45) is 1.97. The lowest BCUT2D eigenvalue weighted by Crippen LogP contribution is -2.46. The first-order chi connectivity index (χ1) is 8.20. The van der Waals surface area contributed by atoms with Crippen LogP contribution in [0.4, 0.5) is 11.4 Å². The lowest BCUT2D eigenvalue weighted by Gasteiger charge is -2.36. The third kappa shape index (κ3) is 2.80. The van der Waals surface area contributed by atoms with Crippen LogP contribution in [-0.2, 0) is 0 Å². The minimum absolute atomic E-state index is 0.882. The van der Waals surface area contributed by atoms with Gasteiger partial charge in [0.05, 0.1) is 11.4 Å². The number of nitrogens with zero attached hydrogens (tertiary/aromatic N) is 2. The van der Waals surface area contributed by atoms with E-state index >= 15 is 0 Å². The molecule has 0 radical (unpaired) electrons. The average Bonchev–Trinajstić information content (AvgIpc) is 2.34. The summed E-state index contributed by atoms with van der Waals surface area (Å²) in [5.74, 6) is 0. The molecule has 3 nitrogen and oxygen atoms in total. The molecule has 1 saturated heterocycles. The van der Waals surface area contributed by atoms with Crippen LogP contribution in [0, 0.1) is 6.92 Å². The molecule has 1 aliphatic rings. The van der Waals surface area contributed by atoms with Crippen LogP contribution >= 0.6 is 0 Å². The van der Waals surface area contributed by atoms with E-state index in [1.807, 2.05) is 12.1 Å². The zero-order valence-electron chi connectivity index (χ0n) is 10.5. The van der Waals surface area contributed by atoms with Crippen molar-refractivity contribution in [2.45, 2.75) is 6.92 Å². The van der Waals surface area contributed by atoms with Crippen LogP contribution in [0.2, 0.25) is 0 Å². The molecule has 0 amide bonds. The van der Waals surface area contributed by atoms with E-state index in [9.17, 15) is 0 Å². The molecule has 1 aliphatic heterocycles. The van der Waals surface area contributed by atoms with Gasteiger partial charge in [-0.05, 0) is 24.6 Å². The summed E-state index contributed by atoms with van der Waals surface area (Å²) in [5.41, 5.74) is 9.37. The van der Waals surface area contributed by atoms with Crippen molar-refractivity contribution in [3.05, 3.63) is 36.4 Å². The molecule has 92 valence electrons. The van der Waals surface area contributed by atoms with Crippen LogP contribution in [0.3, 0.4) is 0 Å². The number of rotatable bonds is 3. The smallest absolute Gasteiger partial charge is 0.0603 e. The summed E-state index contributed by atoms with van der Waals surface area (Å²) in [6.45, 7) is 11.1. The highest BCUT2D eigenvalue weighted by Crippen LogP contribution is 2.25. The molecule has 0 saturated carbocycles. The lowest BCUT2D eigenvalue weighted by molar-refractivity contribution is 0.284. The Labute approximate surface area is 104 Å². The summed E-state index contributed by atoms with van der Waals surface area (Å²) in [4.78, 5) is 4.79. The second kappa shape index (κ2) is 5.23. The summed E-state index contributed by atoms with van der Waals surface area (Å²) < 4.78 is 0. The Bertz CT molecular complexity index is 392. The molecule has 0 aromatic heterocycles. The Morgan fingerprint density at radius 3 is 2.65 bits per heavy atom. The molecule has 0 atom stereocenters. The Balaban J connectivity index is 2.05. The fourth-order valence-corrected chi connectivity index (χ4v) is 2.28. The standard InChI is InChI=1S/C14H21N3/c1-3-6-16-7-9-17(10-8-16)14-11-12(2)4-5-13(14)15/h3-5,11H,1,6-10,15H2,2H3. The van der Waals surface area contributed by atoms with Gasteiger partial charge in [-0.3, -0.25) is 4.90 Å². The number of anilines is 2. The van der Waals surface area contributed by atoms with Crippen molar-refractivity contribution in [1.29, 1.82) is 0 Å². The minimum Gasteiger partial charge on any atom is -0.397 e. The van der Waals surface area contributed by atoms with Crippen LogP contribution < -0.4 is 10.6 Å². The minimum atomic E-state index is 0.882. The van der Waals surface area contributed by atoms with Gasteiger partial charge in [0, 0.05) is 32.7 Å². The van der Waals surface area contributed by atoms with Crippen molar-refractivity contribution >= 4 is 11.4 Å². The first-order valence-corrected chi connectivity index (χ1v) is 6.15. The topological polar surface area (TPSA) is 32.5 Å². The molecule has 0 aliphatic carbocycles. The monoisotopic (exact) mass is 231 g/mol. The van der Waals surface area contributed by atoms with Crippen LogP contribution in [0.1, 0.15) is 5.56 Å². The number of nitrogen functional groups attached to an aromatic ring is 1. The van der Waals surface area contributed by atoms with Gasteiger partial charge < -0.3 is 10.6 Å². The van der Waals surface area contributed by atoms with Gasteiger partial charge in [0.2, 0.25) is 0 Å². The first kappa shape index (κ1) is 12.0. The maximum atomic E-state index is 6.04. The fraction of sp³-hybridized carbons (Fsp3) is 0.429. The van der Waals surface area contributed by atoms with E-state index in [0.717, 1.165) is 38.4 Å². The van der Waals surface area contributed by atoms with Crippen LogP contribution in [0.25, 0.3) is 0 Å². The van der Waals surface area contributed by atoms with E-state index < -0.39 is 0 Å². The Morgan fingerprint density at radius 1 is 1.29 bits per heavy atom. The summed E-state index contributed by atoms with van der Waals surface area (Å²) in [5, 5.41) is 0. The van der Waals surface area contributed by atoms with Gasteiger partial charge >= 0.3 is 0 Å². The number of benzene rings is 1. The average molecular weight is 231 g/mol. The van der Waals surface area contributed by atoms with Crippen molar-refractivity contribution in [3.63, 3.8) is 0 Å². The molecule has 1 aromatic carbocycles. The molecule has 2 rings (SSSR count). The van der Waals surface area contributed by atoms with Crippen molar-refractivity contribution in [3.8, 4) is 0 Å². The van der Waals surface area contributed by atoms with Gasteiger partial charge in [0.15, 0.2) is 0 Å². The highest BCUT2D eigenvalue weighted by molar-refractivity contribution is 5.68. The second-order valence-corrected chi connectivity index (χ2v) is 4.64. The molecular weight excluding hydrogens is 210 g/mol. The summed E-state index contributed by atoms with van der Waals surface area (Å²) in [7, 11) is 0. The highest BCUT2D eigenvalue weighted by atomic mass is 15.3. The molecule has 17 heavy (non-hydrogen) atoms. The maximum absolute atomic E-state index is 6.04. The SMILES string of the molecule is C=CCN1CCN(c2cc(C)ccc2N)CC1. The summed E-state index contributed by atoms with van der Waals surface area (Å²) >= 11 is 0. The van der Waals surface area contributed by atoms with Gasteiger partial charge in [-0.1, -0.05) is 12.1 Å². The highest BCUT2D eigenvalue weighted by Gasteiger charge is 2.17. The normalized spacial score (nSPS) is 17.1. The second-order valence-electron chi connectivity index (χ2n) is 4.64. The van der Waals surface area contributed by atoms with Crippen LogP contribution in [-0.4, -0.2) is 37.6 Å². The van der Waals surface area contributed by atoms with Crippen molar-refractivity contribution in [2.75, 3.05) is 43.4 Å². The fourth-order valence-electron chi connectivity index (χ4n) is 2.28. The van der Waals surface area contributed by atoms with Gasteiger partial charge in [0.1, 0.15) is 0 Å². The zero-order valence-corrected chi connectivity index (χ0v) is 10.5. The molecule has 0 unspecified atom stereocenters. The first-order valence-electron chi connectivity index (χ1n) is 6.15. The molecular formula is C14H21N3. The number of hydrogen-bond acceptors (Lipinski definition) is 3. The lowest BCUT2D eigenvalue weighted by atomic mass is 10.1. The van der Waals surface area contributed by atoms with Crippen LogP contribution in [0.5, 0.6) is 0 Å². The molecule has 0 spiro atoms. The molecule has 0 bridgehead atoms. The third-order valence-electron chi connectivity index (χ3n) is 3.29. The van der Waals surface area contributed by atoms with Crippen LogP contribution in [0.15, 0.2) is 30.9 Å². The third-order valence-corrected chi connectivity index (χ3v) is 3.29. The van der Waals surface area contributed by atoms with E-state index in [4.69, 9.17) is 5.73 Å². The molecule has 1 heterocycles. The largest absolute Gasteiger partial charge is 0.397 e. The Kier molecular flexibility index (Phi) is 3.69. The van der Waals surface area contributed by atoms with E-state index in [-0.39, 0.29) is 0 Å². The number of hydrogen-bond donors (Lipinski definition) is 1. The molecule has 1 aromatic rings. The van der Waals surface area contributed by atoms with Gasteiger partial charge in [-0.15, -0.1) is 6.58 Å². The number of nitrogens with two attached hydrogens (primary N) is 1. The maximum Gasteiger partial charge on any atom is 0.0603 e. The molecule has 2 N–H and O–H groups in total. The van der Waals surface area contributed by atoms with Crippen molar-refractivity contribution in [1.82, 2.24) is 4.90 Å². The van der Waals surface area contributed by atoms with Crippen molar-refractivity contribution in [2.24, 2.45) is 0 Å². The van der Waals surface area contributed by atoms with E-state index in [0.29, 0.717) is 0 Å². The van der Waals surface area contributed by atoms with Gasteiger partial charge in [-0.25, -0.2) is 0 Å². The van der Waals surface area contributed by atoms with Gasteiger partial charge in [-0.2, -0.15) is 0 Å². The predicted octanol–water partition coefficient (Wildman–Crippen LogP) is 1.89. The van der Waals surface area contributed by atoms with Crippen molar-refractivity contribution < 1.29 is 0 Å². The quantitative estimate of drug-likeness (QED) is 0.637.